The lowest BCUT2D eigenvalue weighted by Crippen LogP contribution is -2.31. The number of nitrogens with zero attached hydrogens (tertiary/aromatic N) is 1. The van der Waals surface area contributed by atoms with Crippen molar-refractivity contribution in [1.29, 1.82) is 0 Å². The Labute approximate surface area is 94.7 Å². The van der Waals surface area contributed by atoms with E-state index in [9.17, 15) is 4.39 Å². The van der Waals surface area contributed by atoms with Gasteiger partial charge >= 0.3 is 0 Å². The molecule has 0 radical (unpaired) electrons. The van der Waals surface area contributed by atoms with Crippen LogP contribution in [0.3, 0.4) is 0 Å². The number of rotatable bonds is 4. The molecule has 0 fully saturated rings. The van der Waals surface area contributed by atoms with Crippen molar-refractivity contribution in [2.75, 3.05) is 24.6 Å². The second-order valence-electron chi connectivity index (χ2n) is 4.24. The normalized spacial score (nSPS) is 16.3. The van der Waals surface area contributed by atoms with Crippen LogP contribution in [0, 0.1) is 5.82 Å². The molecule has 0 aliphatic carbocycles. The molecular weight excluding hydrogens is 207 g/mol. The number of aliphatic hydroxyl groups excluding tert-OH is 1. The van der Waals surface area contributed by atoms with Crippen molar-refractivity contribution in [1.82, 2.24) is 0 Å². The molecule has 3 N–H and O–H groups in total. The van der Waals surface area contributed by atoms with Gasteiger partial charge in [-0.15, -0.1) is 0 Å². The van der Waals surface area contributed by atoms with Crippen LogP contribution in [0.5, 0.6) is 0 Å². The van der Waals surface area contributed by atoms with Gasteiger partial charge in [0.25, 0.3) is 0 Å². The average molecular weight is 224 g/mol. The molecular formula is C12H17FN2O. The molecule has 0 bridgehead atoms. The number of anilines is 1. The zero-order valence-electron chi connectivity index (χ0n) is 9.19. The van der Waals surface area contributed by atoms with Crippen LogP contribution >= 0.6 is 0 Å². The van der Waals surface area contributed by atoms with Gasteiger partial charge in [0.1, 0.15) is 5.82 Å². The number of nitrogens with two attached hydrogens (primary N) is 1. The summed E-state index contributed by atoms with van der Waals surface area (Å²) in [6.45, 7) is 1.69. The maximum absolute atomic E-state index is 13.1. The lowest BCUT2D eigenvalue weighted by molar-refractivity contribution is 0.261. The van der Waals surface area contributed by atoms with E-state index in [1.165, 1.54) is 11.6 Å². The van der Waals surface area contributed by atoms with E-state index in [4.69, 9.17) is 10.8 Å². The highest BCUT2D eigenvalue weighted by Gasteiger charge is 2.19. The number of benzene rings is 1. The van der Waals surface area contributed by atoms with Gasteiger partial charge in [0.05, 0.1) is 6.61 Å². The summed E-state index contributed by atoms with van der Waals surface area (Å²) in [4.78, 5) is 2.13. The molecule has 0 aromatic heterocycles. The summed E-state index contributed by atoms with van der Waals surface area (Å²) in [7, 11) is 0. The Bertz CT molecular complexity index is 370. The number of fused-ring (bicyclic) bond motifs is 1. The van der Waals surface area contributed by atoms with Gasteiger partial charge in [0, 0.05) is 24.8 Å². The van der Waals surface area contributed by atoms with Gasteiger partial charge in [-0.05, 0) is 30.5 Å². The molecule has 0 spiro atoms. The Balaban J connectivity index is 2.02. The third kappa shape index (κ3) is 2.33. The van der Waals surface area contributed by atoms with E-state index in [0.717, 1.165) is 31.6 Å². The average Bonchev–Trinajstić information content (AvgIpc) is 2.68. The van der Waals surface area contributed by atoms with Crippen LogP contribution in [-0.4, -0.2) is 30.8 Å². The molecule has 1 unspecified atom stereocenters. The standard InChI is InChI=1S/C12H17FN2O/c13-10-2-1-9-3-5-15(12(9)7-10)6-4-11(14)8-16/h1-2,7,11,16H,3-6,8,14H2. The van der Waals surface area contributed by atoms with E-state index >= 15 is 0 Å². The second-order valence-corrected chi connectivity index (χ2v) is 4.24. The molecule has 1 aromatic rings. The molecule has 0 saturated carbocycles. The lowest BCUT2D eigenvalue weighted by atomic mass is 10.1. The molecule has 0 saturated heterocycles. The SMILES string of the molecule is NC(CO)CCN1CCc2ccc(F)cc21. The highest BCUT2D eigenvalue weighted by molar-refractivity contribution is 5.58. The van der Waals surface area contributed by atoms with Crippen molar-refractivity contribution in [2.24, 2.45) is 5.73 Å². The van der Waals surface area contributed by atoms with Crippen molar-refractivity contribution in [2.45, 2.75) is 18.9 Å². The van der Waals surface area contributed by atoms with Crippen molar-refractivity contribution < 1.29 is 9.50 Å². The van der Waals surface area contributed by atoms with E-state index in [2.05, 4.69) is 4.90 Å². The van der Waals surface area contributed by atoms with Gasteiger partial charge in [-0.2, -0.15) is 0 Å². The molecule has 1 aliphatic heterocycles. The van der Waals surface area contributed by atoms with Crippen molar-refractivity contribution in [3.05, 3.63) is 29.6 Å². The van der Waals surface area contributed by atoms with E-state index in [-0.39, 0.29) is 18.5 Å². The molecule has 4 heteroatoms. The Morgan fingerprint density at radius 1 is 1.50 bits per heavy atom. The molecule has 1 aliphatic rings. The lowest BCUT2D eigenvalue weighted by Gasteiger charge is -2.20. The van der Waals surface area contributed by atoms with Gasteiger partial charge in [-0.3, -0.25) is 0 Å². The summed E-state index contributed by atoms with van der Waals surface area (Å²) in [5, 5.41) is 8.84. The predicted octanol–water partition coefficient (Wildman–Crippen LogP) is 0.898. The van der Waals surface area contributed by atoms with Crippen LogP contribution in [-0.2, 0) is 6.42 Å². The van der Waals surface area contributed by atoms with Gasteiger partial charge in [0.15, 0.2) is 0 Å². The smallest absolute Gasteiger partial charge is 0.125 e. The fourth-order valence-corrected chi connectivity index (χ4v) is 2.06. The zero-order valence-corrected chi connectivity index (χ0v) is 9.19. The van der Waals surface area contributed by atoms with Gasteiger partial charge in [-0.1, -0.05) is 6.07 Å². The summed E-state index contributed by atoms with van der Waals surface area (Å²) < 4.78 is 13.1. The first kappa shape index (κ1) is 11.4. The Morgan fingerprint density at radius 3 is 3.06 bits per heavy atom. The minimum atomic E-state index is -0.197. The first-order valence-electron chi connectivity index (χ1n) is 5.60. The summed E-state index contributed by atoms with van der Waals surface area (Å²) in [6.07, 6.45) is 1.69. The third-order valence-electron chi connectivity index (χ3n) is 3.04. The minimum absolute atomic E-state index is 0.00382. The maximum Gasteiger partial charge on any atom is 0.125 e. The van der Waals surface area contributed by atoms with Crippen LogP contribution < -0.4 is 10.6 Å². The Morgan fingerprint density at radius 2 is 2.31 bits per heavy atom. The number of hydrogen-bond acceptors (Lipinski definition) is 3. The second kappa shape index (κ2) is 4.80. The van der Waals surface area contributed by atoms with E-state index < -0.39 is 0 Å². The van der Waals surface area contributed by atoms with Crippen LogP contribution in [0.15, 0.2) is 18.2 Å². The first-order valence-corrected chi connectivity index (χ1v) is 5.60. The number of hydrogen-bond donors (Lipinski definition) is 2. The van der Waals surface area contributed by atoms with Crippen LogP contribution in [0.2, 0.25) is 0 Å². The maximum atomic E-state index is 13.1. The summed E-state index contributed by atoms with van der Waals surface area (Å²) in [5.41, 5.74) is 7.82. The number of aliphatic hydroxyl groups is 1. The van der Waals surface area contributed by atoms with Crippen molar-refractivity contribution in [3.63, 3.8) is 0 Å². The summed E-state index contributed by atoms with van der Waals surface area (Å²) in [6, 6.07) is 4.74. The Hall–Kier alpha value is -1.13. The fourth-order valence-electron chi connectivity index (χ4n) is 2.06. The highest BCUT2D eigenvalue weighted by Crippen LogP contribution is 2.28. The molecule has 1 heterocycles. The fraction of sp³-hybridized carbons (Fsp3) is 0.500. The van der Waals surface area contributed by atoms with E-state index in [0.29, 0.717) is 0 Å². The molecule has 16 heavy (non-hydrogen) atoms. The third-order valence-corrected chi connectivity index (χ3v) is 3.04. The highest BCUT2D eigenvalue weighted by atomic mass is 19.1. The summed E-state index contributed by atoms with van der Waals surface area (Å²) in [5.74, 6) is -0.197. The predicted molar refractivity (Wildman–Crippen MR) is 62.0 cm³/mol. The van der Waals surface area contributed by atoms with Gasteiger partial charge < -0.3 is 15.7 Å². The van der Waals surface area contributed by atoms with E-state index in [1.807, 2.05) is 6.07 Å². The largest absolute Gasteiger partial charge is 0.395 e. The van der Waals surface area contributed by atoms with Crippen LogP contribution in [0.4, 0.5) is 10.1 Å². The quantitative estimate of drug-likeness (QED) is 0.799. The molecule has 0 amide bonds. The minimum Gasteiger partial charge on any atom is -0.395 e. The molecule has 3 nitrogen and oxygen atoms in total. The topological polar surface area (TPSA) is 49.5 Å². The number of halogens is 1. The van der Waals surface area contributed by atoms with Gasteiger partial charge in [-0.25, -0.2) is 4.39 Å². The zero-order chi connectivity index (χ0) is 11.5. The van der Waals surface area contributed by atoms with Gasteiger partial charge in [0.2, 0.25) is 0 Å². The first-order chi connectivity index (χ1) is 7.70. The van der Waals surface area contributed by atoms with E-state index in [1.54, 1.807) is 6.07 Å². The van der Waals surface area contributed by atoms with Crippen LogP contribution in [0.1, 0.15) is 12.0 Å². The van der Waals surface area contributed by atoms with Crippen molar-refractivity contribution in [3.8, 4) is 0 Å². The molecule has 2 rings (SSSR count). The van der Waals surface area contributed by atoms with Crippen LogP contribution in [0.25, 0.3) is 0 Å². The molecule has 1 atom stereocenters. The summed E-state index contributed by atoms with van der Waals surface area (Å²) >= 11 is 0. The molecule has 1 aromatic carbocycles. The molecule has 88 valence electrons. The monoisotopic (exact) mass is 224 g/mol. The van der Waals surface area contributed by atoms with Crippen molar-refractivity contribution >= 4 is 5.69 Å². The Kier molecular flexibility index (Phi) is 3.41.